The first-order chi connectivity index (χ1) is 18.2. The van der Waals surface area contributed by atoms with Crippen LogP contribution in [0.3, 0.4) is 0 Å². The lowest BCUT2D eigenvalue weighted by Gasteiger charge is -2.32. The third kappa shape index (κ3) is 6.33. The fourth-order valence-corrected chi connectivity index (χ4v) is 6.03. The molecule has 3 heterocycles. The van der Waals surface area contributed by atoms with Gasteiger partial charge in [0, 0.05) is 25.7 Å². The highest BCUT2D eigenvalue weighted by Gasteiger charge is 2.47. The Morgan fingerprint density at radius 1 is 1.11 bits per heavy atom. The molecule has 0 radical (unpaired) electrons. The zero-order valence-electron chi connectivity index (χ0n) is 21.0. The Morgan fingerprint density at radius 3 is 2.53 bits per heavy atom. The van der Waals surface area contributed by atoms with Crippen LogP contribution in [0, 0.1) is 23.6 Å². The molecule has 3 fully saturated rings. The summed E-state index contributed by atoms with van der Waals surface area (Å²) in [6.45, 7) is 2.37. The van der Waals surface area contributed by atoms with Crippen molar-refractivity contribution in [2.24, 2.45) is 17.8 Å². The van der Waals surface area contributed by atoms with Crippen LogP contribution in [-0.4, -0.2) is 59.2 Å². The van der Waals surface area contributed by atoms with Gasteiger partial charge in [0.1, 0.15) is 17.6 Å². The third-order valence-corrected chi connectivity index (χ3v) is 8.28. The van der Waals surface area contributed by atoms with Gasteiger partial charge >= 0.3 is 6.18 Å². The molecule has 2 saturated heterocycles. The average molecular weight is 555 g/mol. The quantitative estimate of drug-likeness (QED) is 0.393. The lowest BCUT2D eigenvalue weighted by molar-refractivity contribution is -0.182. The molecule has 3 atom stereocenters. The number of likely N-dealkylation sites (tertiary alicyclic amines) is 1. The van der Waals surface area contributed by atoms with Crippen molar-refractivity contribution in [3.05, 3.63) is 47.0 Å². The molecule has 0 N–H and O–H groups in total. The van der Waals surface area contributed by atoms with Gasteiger partial charge in [-0.1, -0.05) is 17.7 Å². The van der Waals surface area contributed by atoms with Crippen molar-refractivity contribution in [3.8, 4) is 5.75 Å². The second kappa shape index (κ2) is 11.2. The number of anilines is 1. The lowest BCUT2D eigenvalue weighted by atomic mass is 9.90. The summed E-state index contributed by atoms with van der Waals surface area (Å²) >= 11 is 5.87. The number of piperidine rings is 1. The molecule has 11 heteroatoms. The molecule has 0 spiro atoms. The Labute approximate surface area is 224 Å². The Kier molecular flexibility index (Phi) is 7.98. The zero-order valence-corrected chi connectivity index (χ0v) is 21.7. The SMILES string of the molecule is O=C(Cc1ccc(OCCC2CC2C2CCN(c3ncc(Cl)cn3)CC2)cc1F)N1CCCC1C(F)(F)F. The molecule has 2 aliphatic heterocycles. The molecular formula is C27H31ClF4N4O2. The number of carbonyl (C=O) groups is 1. The van der Waals surface area contributed by atoms with E-state index in [2.05, 4.69) is 14.9 Å². The summed E-state index contributed by atoms with van der Waals surface area (Å²) in [6.07, 6.45) is 2.82. The first-order valence-corrected chi connectivity index (χ1v) is 13.6. The number of rotatable bonds is 8. The second-order valence-electron chi connectivity index (χ2n) is 10.5. The number of halogens is 5. The van der Waals surface area contributed by atoms with Gasteiger partial charge in [-0.3, -0.25) is 4.79 Å². The van der Waals surface area contributed by atoms with E-state index in [1.54, 1.807) is 18.5 Å². The van der Waals surface area contributed by atoms with E-state index >= 15 is 0 Å². The van der Waals surface area contributed by atoms with Gasteiger partial charge in [0.2, 0.25) is 11.9 Å². The van der Waals surface area contributed by atoms with Gasteiger partial charge in [0.15, 0.2) is 0 Å². The van der Waals surface area contributed by atoms with Crippen LogP contribution in [0.2, 0.25) is 5.02 Å². The van der Waals surface area contributed by atoms with Gasteiger partial charge < -0.3 is 14.5 Å². The van der Waals surface area contributed by atoms with E-state index in [1.165, 1.54) is 18.6 Å². The van der Waals surface area contributed by atoms with E-state index < -0.39 is 30.4 Å². The number of alkyl halides is 3. The van der Waals surface area contributed by atoms with Gasteiger partial charge in [-0.05, 0) is 67.9 Å². The maximum atomic E-state index is 14.6. The second-order valence-corrected chi connectivity index (χ2v) is 11.0. The molecule has 5 rings (SSSR count). The Bertz CT molecular complexity index is 1130. The normalized spacial score (nSPS) is 24.1. The molecule has 38 heavy (non-hydrogen) atoms. The summed E-state index contributed by atoms with van der Waals surface area (Å²) < 4.78 is 59.8. The number of ether oxygens (including phenoxy) is 1. The van der Waals surface area contributed by atoms with Crippen molar-refractivity contribution >= 4 is 23.5 Å². The molecular weight excluding hydrogens is 524 g/mol. The number of carbonyl (C=O) groups excluding carboxylic acids is 1. The molecule has 1 amide bonds. The molecule has 1 aliphatic carbocycles. The van der Waals surface area contributed by atoms with E-state index in [4.69, 9.17) is 16.3 Å². The third-order valence-electron chi connectivity index (χ3n) is 8.09. The van der Waals surface area contributed by atoms with Crippen molar-refractivity contribution < 1.29 is 27.1 Å². The molecule has 1 saturated carbocycles. The van der Waals surface area contributed by atoms with E-state index in [1.807, 2.05) is 0 Å². The van der Waals surface area contributed by atoms with E-state index in [0.717, 1.165) is 43.2 Å². The van der Waals surface area contributed by atoms with Gasteiger partial charge in [0.25, 0.3) is 0 Å². The average Bonchev–Trinajstić information content (AvgIpc) is 3.46. The Balaban J connectivity index is 1.04. The highest BCUT2D eigenvalue weighted by atomic mass is 35.5. The standard InChI is InChI=1S/C27H31ClF4N4O2/c28-20-15-33-26(34-16-20)35-9-5-17(6-10-35)22-12-18(22)7-11-38-21-4-3-19(23(29)14-21)13-25(37)36-8-1-2-24(36)27(30,31)32/h3-4,14-18,22,24H,1-2,5-13H2. The van der Waals surface area contributed by atoms with Crippen LogP contribution in [0.4, 0.5) is 23.5 Å². The summed E-state index contributed by atoms with van der Waals surface area (Å²) in [5.74, 6) is 1.69. The van der Waals surface area contributed by atoms with Gasteiger partial charge in [-0.15, -0.1) is 0 Å². The maximum Gasteiger partial charge on any atom is 0.408 e. The van der Waals surface area contributed by atoms with Crippen LogP contribution in [0.1, 0.15) is 44.1 Å². The smallest absolute Gasteiger partial charge is 0.408 e. The Hall–Kier alpha value is -2.62. The van der Waals surface area contributed by atoms with Gasteiger partial charge in [-0.25, -0.2) is 14.4 Å². The molecule has 1 aromatic heterocycles. The van der Waals surface area contributed by atoms with Crippen LogP contribution in [0.15, 0.2) is 30.6 Å². The van der Waals surface area contributed by atoms with Crippen molar-refractivity contribution in [2.75, 3.05) is 31.1 Å². The van der Waals surface area contributed by atoms with Crippen molar-refractivity contribution in [3.63, 3.8) is 0 Å². The summed E-state index contributed by atoms with van der Waals surface area (Å²) in [5.41, 5.74) is 0.0766. The highest BCUT2D eigenvalue weighted by Crippen LogP contribution is 2.50. The van der Waals surface area contributed by atoms with E-state index in [0.29, 0.717) is 41.6 Å². The van der Waals surface area contributed by atoms with Crippen LogP contribution < -0.4 is 9.64 Å². The predicted octanol–water partition coefficient (Wildman–Crippen LogP) is 5.69. The monoisotopic (exact) mass is 554 g/mol. The fraction of sp³-hybridized carbons (Fsp3) is 0.593. The minimum atomic E-state index is -4.47. The Morgan fingerprint density at radius 2 is 1.84 bits per heavy atom. The van der Waals surface area contributed by atoms with Crippen LogP contribution in [0.5, 0.6) is 5.75 Å². The van der Waals surface area contributed by atoms with Gasteiger partial charge in [-0.2, -0.15) is 13.2 Å². The van der Waals surface area contributed by atoms with Crippen LogP contribution in [-0.2, 0) is 11.2 Å². The molecule has 6 nitrogen and oxygen atoms in total. The number of benzene rings is 1. The number of amides is 1. The summed E-state index contributed by atoms with van der Waals surface area (Å²) in [7, 11) is 0. The maximum absolute atomic E-state index is 14.6. The van der Waals surface area contributed by atoms with Crippen molar-refractivity contribution in [1.82, 2.24) is 14.9 Å². The molecule has 0 bridgehead atoms. The first-order valence-electron chi connectivity index (χ1n) is 13.2. The van der Waals surface area contributed by atoms with Crippen LogP contribution >= 0.6 is 11.6 Å². The van der Waals surface area contributed by atoms with Crippen molar-refractivity contribution in [2.45, 2.75) is 57.2 Å². The summed E-state index contributed by atoms with van der Waals surface area (Å²) in [5, 5.41) is 0.528. The largest absolute Gasteiger partial charge is 0.493 e. The summed E-state index contributed by atoms with van der Waals surface area (Å²) in [4.78, 5) is 24.1. The van der Waals surface area contributed by atoms with Crippen LogP contribution in [0.25, 0.3) is 0 Å². The van der Waals surface area contributed by atoms with Crippen molar-refractivity contribution in [1.29, 1.82) is 0 Å². The zero-order chi connectivity index (χ0) is 26.9. The number of hydrogen-bond acceptors (Lipinski definition) is 5. The molecule has 2 aromatic rings. The molecule has 3 aliphatic rings. The number of nitrogens with zero attached hydrogens (tertiary/aromatic N) is 4. The minimum absolute atomic E-state index is 0.0455. The number of aromatic nitrogens is 2. The van der Waals surface area contributed by atoms with E-state index in [9.17, 15) is 22.4 Å². The van der Waals surface area contributed by atoms with E-state index in [-0.39, 0.29) is 18.5 Å². The molecule has 1 aromatic carbocycles. The van der Waals surface area contributed by atoms with Gasteiger partial charge in [0.05, 0.1) is 30.4 Å². The lowest BCUT2D eigenvalue weighted by Crippen LogP contribution is -2.45. The first kappa shape index (κ1) is 27.0. The predicted molar refractivity (Wildman–Crippen MR) is 135 cm³/mol. The summed E-state index contributed by atoms with van der Waals surface area (Å²) in [6, 6.07) is 2.44. The highest BCUT2D eigenvalue weighted by molar-refractivity contribution is 6.30. The molecule has 3 unspecified atom stereocenters. The fourth-order valence-electron chi connectivity index (χ4n) is 5.94. The topological polar surface area (TPSA) is 58.6 Å². The minimum Gasteiger partial charge on any atom is -0.493 e. The number of hydrogen-bond donors (Lipinski definition) is 0. The molecule has 206 valence electrons.